The predicted molar refractivity (Wildman–Crippen MR) is 67.4 cm³/mol. The third-order valence-corrected chi connectivity index (χ3v) is 3.18. The van der Waals surface area contributed by atoms with Crippen LogP contribution in [0.5, 0.6) is 0 Å². The molecule has 0 unspecified atom stereocenters. The monoisotopic (exact) mass is 247 g/mol. The van der Waals surface area contributed by atoms with Gasteiger partial charge >= 0.3 is 0 Å². The van der Waals surface area contributed by atoms with Gasteiger partial charge in [-0.1, -0.05) is 35.5 Å². The van der Waals surface area contributed by atoms with Crippen LogP contribution in [0.25, 0.3) is 0 Å². The topological polar surface area (TPSA) is 47.8 Å². The summed E-state index contributed by atoms with van der Waals surface area (Å²) < 4.78 is 1.76. The van der Waals surface area contributed by atoms with Crippen LogP contribution >= 0.6 is 11.8 Å². The van der Waals surface area contributed by atoms with E-state index in [0.717, 1.165) is 10.6 Å². The van der Waals surface area contributed by atoms with Gasteiger partial charge in [0.1, 0.15) is 5.03 Å². The molecule has 88 valence electrons. The second-order valence-electron chi connectivity index (χ2n) is 3.65. The lowest BCUT2D eigenvalue weighted by Crippen LogP contribution is -2.04. The standard InChI is InChI=1S/C12H13N3OS/c1-9(16)11-12(17-2)15(14-13-11)8-10-6-4-3-5-7-10/h3-7H,8H2,1-2H3. The van der Waals surface area contributed by atoms with Gasteiger partial charge in [-0.05, 0) is 11.8 Å². The lowest BCUT2D eigenvalue weighted by molar-refractivity contribution is 0.101. The summed E-state index contributed by atoms with van der Waals surface area (Å²) in [4.78, 5) is 11.4. The van der Waals surface area contributed by atoms with Gasteiger partial charge in [0.05, 0.1) is 6.54 Å². The first kappa shape index (κ1) is 11.9. The van der Waals surface area contributed by atoms with Crippen LogP contribution in [-0.2, 0) is 6.54 Å². The highest BCUT2D eigenvalue weighted by Gasteiger charge is 2.15. The van der Waals surface area contributed by atoms with Gasteiger partial charge in [0.15, 0.2) is 11.5 Å². The molecule has 4 nitrogen and oxygen atoms in total. The van der Waals surface area contributed by atoms with Crippen molar-refractivity contribution < 1.29 is 4.79 Å². The Morgan fingerprint density at radius 2 is 2.06 bits per heavy atom. The van der Waals surface area contributed by atoms with Crippen LogP contribution in [-0.4, -0.2) is 27.0 Å². The van der Waals surface area contributed by atoms with E-state index >= 15 is 0 Å². The molecule has 0 bridgehead atoms. The maximum Gasteiger partial charge on any atom is 0.182 e. The summed E-state index contributed by atoms with van der Waals surface area (Å²) in [5, 5.41) is 8.77. The molecule has 0 atom stereocenters. The van der Waals surface area contributed by atoms with E-state index in [-0.39, 0.29) is 5.78 Å². The molecule has 0 aliphatic rings. The first-order valence-corrected chi connectivity index (χ1v) is 6.47. The van der Waals surface area contributed by atoms with Crippen molar-refractivity contribution >= 4 is 17.5 Å². The fraction of sp³-hybridized carbons (Fsp3) is 0.250. The average Bonchev–Trinajstić information content (AvgIpc) is 2.73. The van der Waals surface area contributed by atoms with Crippen LogP contribution in [0.15, 0.2) is 35.4 Å². The Labute approximate surface area is 104 Å². The molecule has 0 aliphatic heterocycles. The molecule has 0 amide bonds. The Morgan fingerprint density at radius 1 is 1.35 bits per heavy atom. The summed E-state index contributed by atoms with van der Waals surface area (Å²) in [5.41, 5.74) is 1.59. The Kier molecular flexibility index (Phi) is 3.58. The number of carbonyl (C=O) groups excluding carboxylic acids is 1. The molecular weight excluding hydrogens is 234 g/mol. The van der Waals surface area contributed by atoms with Crippen molar-refractivity contribution in [3.8, 4) is 0 Å². The number of hydrogen-bond donors (Lipinski definition) is 0. The fourth-order valence-electron chi connectivity index (χ4n) is 1.59. The molecule has 1 heterocycles. The Hall–Kier alpha value is -1.62. The Balaban J connectivity index is 2.31. The van der Waals surface area contributed by atoms with Gasteiger partial charge in [-0.15, -0.1) is 16.9 Å². The summed E-state index contributed by atoms with van der Waals surface area (Å²) in [5.74, 6) is -0.0475. The van der Waals surface area contributed by atoms with Crippen LogP contribution in [0.1, 0.15) is 23.0 Å². The highest BCUT2D eigenvalue weighted by molar-refractivity contribution is 7.98. The predicted octanol–water partition coefficient (Wildman–Crippen LogP) is 2.25. The molecule has 0 saturated heterocycles. The fourth-order valence-corrected chi connectivity index (χ4v) is 2.28. The van der Waals surface area contributed by atoms with E-state index in [0.29, 0.717) is 12.2 Å². The van der Waals surface area contributed by atoms with Crippen LogP contribution in [0.2, 0.25) is 0 Å². The van der Waals surface area contributed by atoms with Crippen molar-refractivity contribution in [2.45, 2.75) is 18.5 Å². The first-order valence-electron chi connectivity index (χ1n) is 5.24. The van der Waals surface area contributed by atoms with Crippen molar-refractivity contribution in [3.63, 3.8) is 0 Å². The number of nitrogens with zero attached hydrogens (tertiary/aromatic N) is 3. The molecule has 2 aromatic rings. The first-order chi connectivity index (χ1) is 8.22. The van der Waals surface area contributed by atoms with E-state index in [1.807, 2.05) is 36.6 Å². The van der Waals surface area contributed by atoms with Crippen LogP contribution < -0.4 is 0 Å². The maximum absolute atomic E-state index is 11.4. The summed E-state index contributed by atoms with van der Waals surface area (Å²) in [6, 6.07) is 9.99. The molecule has 17 heavy (non-hydrogen) atoms. The van der Waals surface area contributed by atoms with E-state index < -0.39 is 0 Å². The van der Waals surface area contributed by atoms with E-state index in [4.69, 9.17) is 0 Å². The van der Waals surface area contributed by atoms with Crippen molar-refractivity contribution in [1.29, 1.82) is 0 Å². The van der Waals surface area contributed by atoms with Gasteiger partial charge in [0, 0.05) is 6.92 Å². The number of Topliss-reactive ketones (excluding diaryl/α,β-unsaturated/α-hetero) is 1. The summed E-state index contributed by atoms with van der Waals surface area (Å²) >= 11 is 1.49. The molecule has 1 aromatic heterocycles. The minimum atomic E-state index is -0.0475. The van der Waals surface area contributed by atoms with Gasteiger partial charge in [0.25, 0.3) is 0 Å². The second kappa shape index (κ2) is 5.14. The van der Waals surface area contributed by atoms with E-state index in [1.54, 1.807) is 4.68 Å². The number of ketones is 1. The number of benzene rings is 1. The van der Waals surface area contributed by atoms with Crippen LogP contribution in [0, 0.1) is 0 Å². The van der Waals surface area contributed by atoms with E-state index in [9.17, 15) is 4.79 Å². The number of hydrogen-bond acceptors (Lipinski definition) is 4. The number of thioether (sulfide) groups is 1. The second-order valence-corrected chi connectivity index (χ2v) is 4.44. The van der Waals surface area contributed by atoms with Gasteiger partial charge in [0.2, 0.25) is 0 Å². The molecule has 0 saturated carbocycles. The van der Waals surface area contributed by atoms with Crippen LogP contribution in [0.4, 0.5) is 0 Å². The van der Waals surface area contributed by atoms with Gasteiger partial charge in [-0.2, -0.15) is 0 Å². The third kappa shape index (κ3) is 2.55. The van der Waals surface area contributed by atoms with Crippen molar-refractivity contribution in [3.05, 3.63) is 41.6 Å². The lowest BCUT2D eigenvalue weighted by atomic mass is 10.2. The van der Waals surface area contributed by atoms with E-state index in [1.165, 1.54) is 18.7 Å². The summed E-state index contributed by atoms with van der Waals surface area (Å²) in [7, 11) is 0. The maximum atomic E-state index is 11.4. The number of aromatic nitrogens is 3. The molecule has 0 fully saturated rings. The molecule has 0 radical (unpaired) electrons. The van der Waals surface area contributed by atoms with Gasteiger partial charge in [-0.3, -0.25) is 4.79 Å². The van der Waals surface area contributed by atoms with Crippen molar-refractivity contribution in [2.75, 3.05) is 6.26 Å². The molecule has 0 N–H and O–H groups in total. The molecule has 0 spiro atoms. The molecular formula is C12H13N3OS. The van der Waals surface area contributed by atoms with Crippen LogP contribution in [0.3, 0.4) is 0 Å². The van der Waals surface area contributed by atoms with E-state index in [2.05, 4.69) is 10.3 Å². The lowest BCUT2D eigenvalue weighted by Gasteiger charge is -2.04. The van der Waals surface area contributed by atoms with Crippen molar-refractivity contribution in [1.82, 2.24) is 15.0 Å². The zero-order chi connectivity index (χ0) is 12.3. The summed E-state index contributed by atoms with van der Waals surface area (Å²) in [6.07, 6.45) is 1.92. The number of rotatable bonds is 4. The number of carbonyl (C=O) groups is 1. The molecule has 1 aromatic carbocycles. The third-order valence-electron chi connectivity index (χ3n) is 2.39. The quantitative estimate of drug-likeness (QED) is 0.614. The highest BCUT2D eigenvalue weighted by Crippen LogP contribution is 2.19. The van der Waals surface area contributed by atoms with Gasteiger partial charge in [-0.25, -0.2) is 4.68 Å². The largest absolute Gasteiger partial charge is 0.293 e. The zero-order valence-electron chi connectivity index (χ0n) is 9.75. The SMILES string of the molecule is CSc1c(C(C)=O)nnn1Cc1ccccc1. The summed E-state index contributed by atoms with van der Waals surface area (Å²) in [6.45, 7) is 2.15. The highest BCUT2D eigenvalue weighted by atomic mass is 32.2. The Morgan fingerprint density at radius 3 is 2.65 bits per heavy atom. The minimum absolute atomic E-state index is 0.0475. The minimum Gasteiger partial charge on any atom is -0.293 e. The van der Waals surface area contributed by atoms with Gasteiger partial charge < -0.3 is 0 Å². The zero-order valence-corrected chi connectivity index (χ0v) is 10.6. The molecule has 5 heteroatoms. The average molecular weight is 247 g/mol. The Bertz CT molecular complexity index is 522. The smallest absolute Gasteiger partial charge is 0.182 e. The molecule has 0 aliphatic carbocycles. The van der Waals surface area contributed by atoms with Crippen molar-refractivity contribution in [2.24, 2.45) is 0 Å². The normalized spacial score (nSPS) is 10.5. The molecule has 2 rings (SSSR count).